The Hall–Kier alpha value is -1.46. The molecule has 0 atom stereocenters. The maximum Gasteiger partial charge on any atom is 0.250 e. The summed E-state index contributed by atoms with van der Waals surface area (Å²) < 4.78 is 55.0. The summed E-state index contributed by atoms with van der Waals surface area (Å²) in [5.74, 6) is 0.482. The molecule has 3 N–H and O–H groups in total. The number of thiophene rings is 1. The fourth-order valence-corrected chi connectivity index (χ4v) is 4.95. The molecule has 24 heavy (non-hydrogen) atoms. The Balaban J connectivity index is 2.00. The van der Waals surface area contributed by atoms with Crippen molar-refractivity contribution >= 4 is 31.4 Å². The van der Waals surface area contributed by atoms with Crippen molar-refractivity contribution in [2.24, 2.45) is 5.14 Å². The Bertz CT molecular complexity index is 920. The molecule has 0 saturated carbocycles. The van der Waals surface area contributed by atoms with E-state index < -0.39 is 20.0 Å². The van der Waals surface area contributed by atoms with Gasteiger partial charge < -0.3 is 4.74 Å². The number of nitrogens with one attached hydrogen (secondary N) is 1. The molecule has 2 rings (SSSR count). The van der Waals surface area contributed by atoms with E-state index in [2.05, 4.69) is 4.72 Å². The van der Waals surface area contributed by atoms with Gasteiger partial charge in [-0.05, 0) is 48.6 Å². The van der Waals surface area contributed by atoms with E-state index in [4.69, 9.17) is 9.88 Å². The Morgan fingerprint density at radius 1 is 1.17 bits per heavy atom. The number of ether oxygens (including phenoxy) is 1. The number of hydrogen-bond acceptors (Lipinski definition) is 6. The van der Waals surface area contributed by atoms with Crippen molar-refractivity contribution in [1.82, 2.24) is 4.72 Å². The highest BCUT2D eigenvalue weighted by Crippen LogP contribution is 2.25. The van der Waals surface area contributed by atoms with Crippen LogP contribution in [0.15, 0.2) is 38.8 Å². The number of benzene rings is 1. The highest BCUT2D eigenvalue weighted by Gasteiger charge is 2.16. The van der Waals surface area contributed by atoms with Gasteiger partial charge in [0, 0.05) is 6.54 Å². The molecule has 0 bridgehead atoms. The van der Waals surface area contributed by atoms with E-state index in [1.807, 2.05) is 0 Å². The summed E-state index contributed by atoms with van der Waals surface area (Å²) in [5, 5.41) is 6.83. The van der Waals surface area contributed by atoms with Crippen molar-refractivity contribution in [2.75, 3.05) is 13.2 Å². The van der Waals surface area contributed by atoms with Crippen molar-refractivity contribution in [3.05, 3.63) is 40.8 Å². The van der Waals surface area contributed by atoms with Crippen LogP contribution in [0, 0.1) is 13.8 Å². The summed E-state index contributed by atoms with van der Waals surface area (Å²) in [6, 6.07) is 6.20. The van der Waals surface area contributed by atoms with Gasteiger partial charge in [0.05, 0.1) is 4.90 Å². The van der Waals surface area contributed by atoms with Crippen molar-refractivity contribution in [1.29, 1.82) is 0 Å². The maximum atomic E-state index is 11.9. The second-order valence-electron chi connectivity index (χ2n) is 5.11. The van der Waals surface area contributed by atoms with Crippen LogP contribution in [-0.4, -0.2) is 30.0 Å². The van der Waals surface area contributed by atoms with Crippen molar-refractivity contribution in [2.45, 2.75) is 23.0 Å². The zero-order valence-corrected chi connectivity index (χ0v) is 15.6. The van der Waals surface area contributed by atoms with E-state index in [-0.39, 0.29) is 22.3 Å². The molecule has 1 heterocycles. The van der Waals surface area contributed by atoms with E-state index >= 15 is 0 Å². The average molecular weight is 391 g/mol. The summed E-state index contributed by atoms with van der Waals surface area (Å²) in [7, 11) is -7.31. The molecule has 0 amide bonds. The highest BCUT2D eigenvalue weighted by molar-refractivity contribution is 7.91. The lowest BCUT2D eigenvalue weighted by Crippen LogP contribution is -2.27. The lowest BCUT2D eigenvalue weighted by atomic mass is 10.1. The van der Waals surface area contributed by atoms with Gasteiger partial charge in [0.2, 0.25) is 20.0 Å². The van der Waals surface area contributed by atoms with E-state index in [0.29, 0.717) is 16.9 Å². The minimum atomic E-state index is -3.79. The molecule has 10 heteroatoms. The number of hydrogen-bond donors (Lipinski definition) is 2. The smallest absolute Gasteiger partial charge is 0.250 e. The highest BCUT2D eigenvalue weighted by atomic mass is 32.2. The molecular formula is C14H18N2O5S3. The normalized spacial score (nSPS) is 12.3. The lowest BCUT2D eigenvalue weighted by Gasteiger charge is -2.13. The maximum absolute atomic E-state index is 11.9. The monoisotopic (exact) mass is 390 g/mol. The fourth-order valence-electron chi connectivity index (χ4n) is 2.05. The zero-order chi connectivity index (χ0) is 18.0. The van der Waals surface area contributed by atoms with E-state index in [9.17, 15) is 16.8 Å². The molecule has 1 aromatic heterocycles. The Labute approximate surface area is 145 Å². The van der Waals surface area contributed by atoms with Crippen LogP contribution in [0.25, 0.3) is 0 Å². The molecule has 0 aliphatic rings. The summed E-state index contributed by atoms with van der Waals surface area (Å²) in [4.78, 5) is 0.0470. The molecule has 0 unspecified atom stereocenters. The second-order valence-corrected chi connectivity index (χ2v) is 9.58. The van der Waals surface area contributed by atoms with Crippen LogP contribution >= 0.6 is 11.3 Å². The third-order valence-corrected chi connectivity index (χ3v) is 7.10. The lowest BCUT2D eigenvalue weighted by molar-refractivity contribution is 0.320. The first kappa shape index (κ1) is 18.9. The first-order valence-corrected chi connectivity index (χ1v) is 10.8. The fraction of sp³-hybridized carbons (Fsp3) is 0.286. The topological polar surface area (TPSA) is 116 Å². The quantitative estimate of drug-likeness (QED) is 0.693. The standard InChI is InChI=1S/C14H18N2O5S3/c1-10-9-13(23(15,17)18)11(2)8-12(10)21-6-5-16-24(19,20)14-4-3-7-22-14/h3-4,7-9,16H,5-6H2,1-2H3,(H2,15,17,18). The van der Waals surface area contributed by atoms with Gasteiger partial charge >= 0.3 is 0 Å². The minimum absolute atomic E-state index is 0.0470. The van der Waals surface area contributed by atoms with Crippen LogP contribution < -0.4 is 14.6 Å². The molecule has 1 aromatic carbocycles. The van der Waals surface area contributed by atoms with Gasteiger partial charge in [0.15, 0.2) is 0 Å². The molecule has 132 valence electrons. The van der Waals surface area contributed by atoms with Crippen molar-refractivity contribution < 1.29 is 21.6 Å². The summed E-state index contributed by atoms with van der Waals surface area (Å²) in [6.07, 6.45) is 0. The van der Waals surface area contributed by atoms with Crippen molar-refractivity contribution in [3.8, 4) is 5.75 Å². The van der Waals surface area contributed by atoms with E-state index in [0.717, 1.165) is 11.3 Å². The molecule has 0 spiro atoms. The van der Waals surface area contributed by atoms with Gasteiger partial charge in [0.1, 0.15) is 16.6 Å². The van der Waals surface area contributed by atoms with Crippen LogP contribution in [0.3, 0.4) is 0 Å². The minimum Gasteiger partial charge on any atom is -0.492 e. The van der Waals surface area contributed by atoms with Crippen LogP contribution in [0.5, 0.6) is 5.75 Å². The Morgan fingerprint density at radius 2 is 1.88 bits per heavy atom. The molecule has 7 nitrogen and oxygen atoms in total. The Morgan fingerprint density at radius 3 is 2.46 bits per heavy atom. The number of nitrogens with two attached hydrogens (primary N) is 1. The van der Waals surface area contributed by atoms with Gasteiger partial charge in [-0.25, -0.2) is 26.7 Å². The van der Waals surface area contributed by atoms with E-state index in [1.165, 1.54) is 12.1 Å². The van der Waals surface area contributed by atoms with Crippen LogP contribution in [0.2, 0.25) is 0 Å². The average Bonchev–Trinajstić information content (AvgIpc) is 3.00. The van der Waals surface area contributed by atoms with Crippen LogP contribution in [-0.2, 0) is 20.0 Å². The summed E-state index contributed by atoms with van der Waals surface area (Å²) in [6.45, 7) is 3.51. The summed E-state index contributed by atoms with van der Waals surface area (Å²) >= 11 is 1.13. The predicted octanol–water partition coefficient (Wildman–Crippen LogP) is 1.37. The zero-order valence-electron chi connectivity index (χ0n) is 13.1. The largest absolute Gasteiger partial charge is 0.492 e. The third-order valence-electron chi connectivity index (χ3n) is 3.19. The molecule has 0 radical (unpaired) electrons. The van der Waals surface area contributed by atoms with Gasteiger partial charge in [-0.2, -0.15) is 0 Å². The van der Waals surface area contributed by atoms with Gasteiger partial charge in [-0.3, -0.25) is 0 Å². The van der Waals surface area contributed by atoms with Gasteiger partial charge in [-0.1, -0.05) is 6.07 Å². The number of aryl methyl sites for hydroxylation is 2. The van der Waals surface area contributed by atoms with Gasteiger partial charge in [0.25, 0.3) is 0 Å². The number of rotatable bonds is 7. The molecule has 0 aliphatic carbocycles. The first-order chi connectivity index (χ1) is 11.1. The van der Waals surface area contributed by atoms with Crippen molar-refractivity contribution in [3.63, 3.8) is 0 Å². The van der Waals surface area contributed by atoms with Gasteiger partial charge in [-0.15, -0.1) is 11.3 Å². The van der Waals surface area contributed by atoms with E-state index in [1.54, 1.807) is 31.4 Å². The third kappa shape index (κ3) is 4.54. The predicted molar refractivity (Wildman–Crippen MR) is 92.3 cm³/mol. The molecule has 0 aliphatic heterocycles. The SMILES string of the molecule is Cc1cc(S(N)(=O)=O)c(C)cc1OCCNS(=O)(=O)c1cccs1. The first-order valence-electron chi connectivity index (χ1n) is 6.91. The number of sulfonamides is 2. The Kier molecular flexibility index (Phi) is 5.66. The summed E-state index contributed by atoms with van der Waals surface area (Å²) in [5.41, 5.74) is 1.07. The van der Waals surface area contributed by atoms with Crippen LogP contribution in [0.4, 0.5) is 0 Å². The second kappa shape index (κ2) is 7.19. The molecule has 0 saturated heterocycles. The molecule has 2 aromatic rings. The molecule has 0 fully saturated rings. The van der Waals surface area contributed by atoms with Crippen LogP contribution in [0.1, 0.15) is 11.1 Å². The molecular weight excluding hydrogens is 372 g/mol. The number of primary sulfonamides is 1.